The van der Waals surface area contributed by atoms with E-state index in [-0.39, 0.29) is 12.5 Å². The van der Waals surface area contributed by atoms with Crippen LogP contribution in [-0.4, -0.2) is 49.3 Å². The molecule has 0 heterocycles. The third kappa shape index (κ3) is 5.27. The highest BCUT2D eigenvalue weighted by molar-refractivity contribution is 5.76. The molecule has 0 atom stereocenters. The first-order valence-electron chi connectivity index (χ1n) is 7.34. The molecule has 0 aliphatic heterocycles. The fourth-order valence-electron chi connectivity index (χ4n) is 2.13. The molecule has 1 aromatic carbocycles. The van der Waals surface area contributed by atoms with Crippen LogP contribution in [0.2, 0.25) is 0 Å². The van der Waals surface area contributed by atoms with Gasteiger partial charge >= 0.3 is 0 Å². The summed E-state index contributed by atoms with van der Waals surface area (Å²) in [6.07, 6.45) is 1.06. The summed E-state index contributed by atoms with van der Waals surface area (Å²) in [7, 11) is 1.60. The van der Waals surface area contributed by atoms with E-state index in [9.17, 15) is 4.79 Å². The number of benzene rings is 1. The number of aliphatic hydroxyl groups is 1. The second kappa shape index (κ2) is 9.23. The van der Waals surface area contributed by atoms with Crippen molar-refractivity contribution in [3.8, 4) is 11.5 Å². The number of hydrogen-bond donors (Lipinski definition) is 1. The maximum absolute atomic E-state index is 12.0. The first-order chi connectivity index (χ1) is 10.2. The quantitative estimate of drug-likeness (QED) is 0.755. The number of carbonyl (C=O) groups is 1. The Kier molecular flexibility index (Phi) is 7.61. The minimum absolute atomic E-state index is 0.00352. The van der Waals surface area contributed by atoms with E-state index < -0.39 is 0 Å². The van der Waals surface area contributed by atoms with Crippen LogP contribution in [0.3, 0.4) is 0 Å². The molecule has 1 aromatic rings. The van der Waals surface area contributed by atoms with Gasteiger partial charge in [0.15, 0.2) is 11.5 Å². The number of likely N-dealkylation sites (N-methyl/N-ethyl adjacent to an activating group) is 1. The first-order valence-corrected chi connectivity index (χ1v) is 7.34. The summed E-state index contributed by atoms with van der Waals surface area (Å²) in [5, 5.41) is 8.93. The van der Waals surface area contributed by atoms with E-state index >= 15 is 0 Å². The molecule has 0 saturated heterocycles. The molecule has 0 aromatic heterocycles. The maximum atomic E-state index is 12.0. The number of hydrogen-bond acceptors (Lipinski definition) is 4. The summed E-state index contributed by atoms with van der Waals surface area (Å²) in [6, 6.07) is 5.72. The average molecular weight is 295 g/mol. The van der Waals surface area contributed by atoms with Crippen LogP contribution in [0.25, 0.3) is 0 Å². The van der Waals surface area contributed by atoms with Gasteiger partial charge in [0.25, 0.3) is 0 Å². The summed E-state index contributed by atoms with van der Waals surface area (Å²) in [4.78, 5) is 13.7. The Morgan fingerprint density at radius 3 is 2.62 bits per heavy atom. The Labute approximate surface area is 126 Å². The highest BCUT2D eigenvalue weighted by atomic mass is 16.5. The van der Waals surface area contributed by atoms with E-state index in [0.29, 0.717) is 44.0 Å². The van der Waals surface area contributed by atoms with Crippen molar-refractivity contribution in [1.29, 1.82) is 0 Å². The van der Waals surface area contributed by atoms with E-state index in [1.807, 2.05) is 32.0 Å². The second-order valence-corrected chi connectivity index (χ2v) is 4.62. The van der Waals surface area contributed by atoms with Crippen LogP contribution in [0, 0.1) is 0 Å². The van der Waals surface area contributed by atoms with Gasteiger partial charge in [0.2, 0.25) is 5.91 Å². The van der Waals surface area contributed by atoms with Crippen molar-refractivity contribution in [3.63, 3.8) is 0 Å². The summed E-state index contributed by atoms with van der Waals surface area (Å²) < 4.78 is 10.8. The lowest BCUT2D eigenvalue weighted by atomic mass is 10.1. The van der Waals surface area contributed by atoms with Gasteiger partial charge in [-0.3, -0.25) is 4.79 Å². The Hall–Kier alpha value is -1.75. The van der Waals surface area contributed by atoms with Gasteiger partial charge in [-0.1, -0.05) is 6.07 Å². The summed E-state index contributed by atoms with van der Waals surface area (Å²) in [5.74, 6) is 1.45. The highest BCUT2D eigenvalue weighted by Crippen LogP contribution is 2.28. The Bertz CT molecular complexity index is 448. The van der Waals surface area contributed by atoms with Gasteiger partial charge in [-0.15, -0.1) is 0 Å². The van der Waals surface area contributed by atoms with Crippen molar-refractivity contribution < 1.29 is 19.4 Å². The van der Waals surface area contributed by atoms with E-state index in [4.69, 9.17) is 14.6 Å². The average Bonchev–Trinajstić information content (AvgIpc) is 2.51. The Morgan fingerprint density at radius 2 is 2.05 bits per heavy atom. The zero-order chi connectivity index (χ0) is 15.7. The number of nitrogens with zero attached hydrogens (tertiary/aromatic N) is 1. The highest BCUT2D eigenvalue weighted by Gasteiger charge is 2.12. The standard InChI is InChI=1S/C16H25NO4/c1-4-17(10-11-18)16(19)9-7-13-6-8-14(21-5-2)15(12-13)20-3/h6,8,12,18H,4-5,7,9-11H2,1-3H3. The number of rotatable bonds is 9. The van der Waals surface area contributed by atoms with E-state index in [2.05, 4.69) is 0 Å². The van der Waals surface area contributed by atoms with Crippen molar-refractivity contribution in [2.75, 3.05) is 33.4 Å². The predicted octanol–water partition coefficient (Wildman–Crippen LogP) is 1.87. The van der Waals surface area contributed by atoms with Gasteiger partial charge in [-0.25, -0.2) is 0 Å². The van der Waals surface area contributed by atoms with Gasteiger partial charge < -0.3 is 19.5 Å². The summed E-state index contributed by atoms with van der Waals surface area (Å²) >= 11 is 0. The molecule has 5 nitrogen and oxygen atoms in total. The molecule has 0 saturated carbocycles. The number of methoxy groups -OCH3 is 1. The fourth-order valence-corrected chi connectivity index (χ4v) is 2.13. The smallest absolute Gasteiger partial charge is 0.222 e. The molecule has 0 aliphatic rings. The van der Waals surface area contributed by atoms with E-state index in [1.54, 1.807) is 12.0 Å². The Morgan fingerprint density at radius 1 is 1.29 bits per heavy atom. The van der Waals surface area contributed by atoms with Gasteiger partial charge in [-0.05, 0) is 38.0 Å². The predicted molar refractivity (Wildman–Crippen MR) is 81.8 cm³/mol. The minimum atomic E-state index is -0.00352. The molecule has 118 valence electrons. The number of aliphatic hydroxyl groups excluding tert-OH is 1. The third-order valence-electron chi connectivity index (χ3n) is 3.26. The molecule has 0 aliphatic carbocycles. The Balaban J connectivity index is 2.64. The van der Waals surface area contributed by atoms with Crippen molar-refractivity contribution >= 4 is 5.91 Å². The number of aryl methyl sites for hydroxylation is 1. The van der Waals surface area contributed by atoms with Gasteiger partial charge in [0.05, 0.1) is 20.3 Å². The van der Waals surface area contributed by atoms with Crippen LogP contribution in [0.5, 0.6) is 11.5 Å². The molecule has 1 N–H and O–H groups in total. The molecule has 0 bridgehead atoms. The number of carbonyl (C=O) groups excluding carboxylic acids is 1. The van der Waals surface area contributed by atoms with Crippen LogP contribution < -0.4 is 9.47 Å². The first kappa shape index (κ1) is 17.3. The maximum Gasteiger partial charge on any atom is 0.222 e. The lowest BCUT2D eigenvalue weighted by Gasteiger charge is -2.19. The van der Waals surface area contributed by atoms with Crippen LogP contribution >= 0.6 is 0 Å². The van der Waals surface area contributed by atoms with Crippen LogP contribution in [-0.2, 0) is 11.2 Å². The zero-order valence-electron chi connectivity index (χ0n) is 13.1. The van der Waals surface area contributed by atoms with Crippen LogP contribution in [0.1, 0.15) is 25.8 Å². The lowest BCUT2D eigenvalue weighted by molar-refractivity contribution is -0.131. The van der Waals surface area contributed by atoms with E-state index in [0.717, 1.165) is 5.56 Å². The minimum Gasteiger partial charge on any atom is -0.493 e. The fraction of sp³-hybridized carbons (Fsp3) is 0.562. The topological polar surface area (TPSA) is 59.0 Å². The molecular weight excluding hydrogens is 270 g/mol. The molecule has 0 unspecified atom stereocenters. The second-order valence-electron chi connectivity index (χ2n) is 4.62. The molecule has 0 fully saturated rings. The monoisotopic (exact) mass is 295 g/mol. The summed E-state index contributed by atoms with van der Waals surface area (Å²) in [6.45, 7) is 5.42. The zero-order valence-corrected chi connectivity index (χ0v) is 13.1. The van der Waals surface area contributed by atoms with Gasteiger partial charge in [-0.2, -0.15) is 0 Å². The largest absolute Gasteiger partial charge is 0.493 e. The third-order valence-corrected chi connectivity index (χ3v) is 3.26. The van der Waals surface area contributed by atoms with Crippen LogP contribution in [0.4, 0.5) is 0 Å². The normalized spacial score (nSPS) is 10.3. The van der Waals surface area contributed by atoms with Gasteiger partial charge in [0, 0.05) is 19.5 Å². The summed E-state index contributed by atoms with van der Waals surface area (Å²) in [5.41, 5.74) is 1.03. The number of ether oxygens (including phenoxy) is 2. The molecule has 1 amide bonds. The van der Waals surface area contributed by atoms with Crippen molar-refractivity contribution in [2.24, 2.45) is 0 Å². The number of amides is 1. The molecule has 0 spiro atoms. The van der Waals surface area contributed by atoms with Crippen molar-refractivity contribution in [2.45, 2.75) is 26.7 Å². The SMILES string of the molecule is CCOc1ccc(CCC(=O)N(CC)CCO)cc1OC. The molecule has 21 heavy (non-hydrogen) atoms. The lowest BCUT2D eigenvalue weighted by Crippen LogP contribution is -2.33. The van der Waals surface area contributed by atoms with Crippen molar-refractivity contribution in [3.05, 3.63) is 23.8 Å². The molecule has 1 rings (SSSR count). The van der Waals surface area contributed by atoms with Gasteiger partial charge in [0.1, 0.15) is 0 Å². The van der Waals surface area contributed by atoms with E-state index in [1.165, 1.54) is 0 Å². The van der Waals surface area contributed by atoms with Crippen LogP contribution in [0.15, 0.2) is 18.2 Å². The van der Waals surface area contributed by atoms with Crippen molar-refractivity contribution in [1.82, 2.24) is 4.90 Å². The molecule has 0 radical (unpaired) electrons. The molecule has 5 heteroatoms. The molecular formula is C16H25NO4.